The van der Waals surface area contributed by atoms with Crippen LogP contribution in [0.4, 0.5) is 10.5 Å². The van der Waals surface area contributed by atoms with Crippen LogP contribution in [0.15, 0.2) is 72.8 Å². The Morgan fingerprint density at radius 2 is 1.51 bits per heavy atom. The minimum atomic E-state index is -1.02. The van der Waals surface area contributed by atoms with Gasteiger partial charge in [-0.1, -0.05) is 55.5 Å². The number of anilines is 1. The molecule has 7 heteroatoms. The molecule has 3 aromatic carbocycles. The van der Waals surface area contributed by atoms with E-state index >= 15 is 0 Å². The molecule has 180 valence electrons. The fourth-order valence-corrected chi connectivity index (χ4v) is 4.42. The fourth-order valence-electron chi connectivity index (χ4n) is 4.42. The predicted octanol–water partition coefficient (Wildman–Crippen LogP) is 5.06. The van der Waals surface area contributed by atoms with Crippen LogP contribution in [-0.4, -0.2) is 42.8 Å². The van der Waals surface area contributed by atoms with Gasteiger partial charge in [-0.25, -0.2) is 9.59 Å². The monoisotopic (exact) mass is 472 g/mol. The maximum absolute atomic E-state index is 12.8. The molecule has 1 aliphatic rings. The number of carbonyl (C=O) groups is 3. The number of hydrogen-bond donors (Lipinski definition) is 2. The number of amides is 2. The third-order valence-corrected chi connectivity index (χ3v) is 6.46. The zero-order chi connectivity index (χ0) is 24.9. The molecule has 1 aliphatic carbocycles. The maximum atomic E-state index is 12.8. The van der Waals surface area contributed by atoms with E-state index in [2.05, 4.69) is 29.6 Å². The third-order valence-electron chi connectivity index (χ3n) is 6.46. The quantitative estimate of drug-likeness (QED) is 0.478. The van der Waals surface area contributed by atoms with E-state index in [0.29, 0.717) is 12.1 Å². The highest BCUT2D eigenvalue weighted by Crippen LogP contribution is 2.44. The van der Waals surface area contributed by atoms with E-state index in [1.807, 2.05) is 31.2 Å². The van der Waals surface area contributed by atoms with Gasteiger partial charge in [0.05, 0.1) is 5.56 Å². The average molecular weight is 473 g/mol. The van der Waals surface area contributed by atoms with Crippen molar-refractivity contribution in [2.45, 2.75) is 31.7 Å². The number of fused-ring (bicyclic) bond motifs is 3. The van der Waals surface area contributed by atoms with Crippen LogP contribution in [0, 0.1) is 0 Å². The van der Waals surface area contributed by atoms with Gasteiger partial charge in [0.1, 0.15) is 6.61 Å². The second kappa shape index (κ2) is 10.4. The minimum absolute atomic E-state index is 0.0326. The maximum Gasteiger partial charge on any atom is 0.407 e. The Morgan fingerprint density at radius 1 is 0.943 bits per heavy atom. The summed E-state index contributed by atoms with van der Waals surface area (Å²) in [5.41, 5.74) is 5.33. The summed E-state index contributed by atoms with van der Waals surface area (Å²) in [7, 11) is 1.62. The summed E-state index contributed by atoms with van der Waals surface area (Å²) in [5, 5.41) is 11.8. The van der Waals surface area contributed by atoms with Crippen molar-refractivity contribution in [2.75, 3.05) is 18.6 Å². The second-order valence-electron chi connectivity index (χ2n) is 8.58. The summed E-state index contributed by atoms with van der Waals surface area (Å²) in [6, 6.07) is 22.0. The van der Waals surface area contributed by atoms with Gasteiger partial charge in [-0.2, -0.15) is 0 Å². The van der Waals surface area contributed by atoms with Gasteiger partial charge in [0.15, 0.2) is 0 Å². The van der Waals surface area contributed by atoms with Crippen molar-refractivity contribution in [3.63, 3.8) is 0 Å². The number of rotatable bonds is 8. The van der Waals surface area contributed by atoms with Crippen LogP contribution in [0.1, 0.15) is 47.2 Å². The smallest absolute Gasteiger partial charge is 0.407 e. The van der Waals surface area contributed by atoms with Crippen molar-refractivity contribution in [3.05, 3.63) is 89.5 Å². The Balaban J connectivity index is 1.34. The number of carbonyl (C=O) groups excluding carboxylic acids is 2. The van der Waals surface area contributed by atoms with E-state index in [1.54, 1.807) is 19.2 Å². The van der Waals surface area contributed by atoms with Crippen LogP contribution in [-0.2, 0) is 9.53 Å². The van der Waals surface area contributed by atoms with Gasteiger partial charge in [-0.05, 0) is 52.9 Å². The SMILES string of the molecule is CC[C@H](CC(=O)N(C)c1ccc(C(=O)O)cc1)NC(=O)OCC1c2ccccc2-c2ccccc21. The molecule has 3 aromatic rings. The predicted molar refractivity (Wildman–Crippen MR) is 134 cm³/mol. The zero-order valence-corrected chi connectivity index (χ0v) is 19.7. The molecule has 0 fully saturated rings. The van der Waals surface area contributed by atoms with Gasteiger partial charge in [-0.3, -0.25) is 4.79 Å². The molecule has 0 bridgehead atoms. The van der Waals surface area contributed by atoms with Crippen molar-refractivity contribution in [1.82, 2.24) is 5.32 Å². The van der Waals surface area contributed by atoms with Gasteiger partial charge >= 0.3 is 12.1 Å². The Morgan fingerprint density at radius 3 is 2.06 bits per heavy atom. The molecule has 0 spiro atoms. The number of aromatic carboxylic acids is 1. The molecule has 0 saturated carbocycles. The van der Waals surface area contributed by atoms with Gasteiger partial charge < -0.3 is 20.1 Å². The second-order valence-corrected chi connectivity index (χ2v) is 8.58. The van der Waals surface area contributed by atoms with E-state index in [-0.39, 0.29) is 36.5 Å². The number of carboxylic acids is 1. The van der Waals surface area contributed by atoms with Crippen molar-refractivity contribution in [3.8, 4) is 11.1 Å². The lowest BCUT2D eigenvalue weighted by Crippen LogP contribution is -2.40. The number of carboxylic acid groups (broad SMARTS) is 1. The molecule has 0 saturated heterocycles. The molecule has 35 heavy (non-hydrogen) atoms. The van der Waals surface area contributed by atoms with Crippen molar-refractivity contribution >= 4 is 23.7 Å². The first kappa shape index (κ1) is 24.0. The van der Waals surface area contributed by atoms with Crippen molar-refractivity contribution in [2.24, 2.45) is 0 Å². The standard InChI is InChI=1S/C28H28N2O5/c1-3-19(16-26(31)30(2)20-14-12-18(13-15-20)27(32)33)29-28(34)35-17-25-23-10-6-4-8-21(23)22-9-5-7-11-24(22)25/h4-15,19,25H,3,16-17H2,1-2H3,(H,29,34)(H,32,33)/t19-/m1/s1. The molecule has 0 aromatic heterocycles. The number of alkyl carbamates (subject to hydrolysis) is 1. The Hall–Kier alpha value is -4.13. The number of benzene rings is 3. The van der Waals surface area contributed by atoms with Crippen LogP contribution in [0.2, 0.25) is 0 Å². The summed E-state index contributed by atoms with van der Waals surface area (Å²) in [5.74, 6) is -1.25. The molecule has 1 atom stereocenters. The molecule has 2 amide bonds. The lowest BCUT2D eigenvalue weighted by atomic mass is 9.98. The lowest BCUT2D eigenvalue weighted by Gasteiger charge is -2.22. The minimum Gasteiger partial charge on any atom is -0.478 e. The normalized spacial score (nSPS) is 12.9. The summed E-state index contributed by atoms with van der Waals surface area (Å²) < 4.78 is 5.60. The van der Waals surface area contributed by atoms with Gasteiger partial charge in [0.25, 0.3) is 0 Å². The topological polar surface area (TPSA) is 95.9 Å². The number of nitrogens with zero attached hydrogens (tertiary/aromatic N) is 1. The van der Waals surface area contributed by atoms with Crippen LogP contribution >= 0.6 is 0 Å². The van der Waals surface area contributed by atoms with E-state index in [9.17, 15) is 14.4 Å². The van der Waals surface area contributed by atoms with Crippen LogP contribution in [0.25, 0.3) is 11.1 Å². The zero-order valence-electron chi connectivity index (χ0n) is 19.7. The average Bonchev–Trinajstić information content (AvgIpc) is 3.20. The summed E-state index contributed by atoms with van der Waals surface area (Å²) in [6.45, 7) is 2.10. The molecular weight excluding hydrogens is 444 g/mol. The Labute approximate surface area is 204 Å². The summed E-state index contributed by atoms with van der Waals surface area (Å²) in [4.78, 5) is 37.9. The van der Waals surface area contributed by atoms with Crippen LogP contribution < -0.4 is 10.2 Å². The third kappa shape index (κ3) is 5.19. The first-order valence-electron chi connectivity index (χ1n) is 11.6. The van der Waals surface area contributed by atoms with E-state index < -0.39 is 12.1 Å². The molecule has 0 radical (unpaired) electrons. The van der Waals surface area contributed by atoms with Crippen LogP contribution in [0.5, 0.6) is 0 Å². The van der Waals surface area contributed by atoms with E-state index in [1.165, 1.54) is 17.0 Å². The molecule has 7 nitrogen and oxygen atoms in total. The van der Waals surface area contributed by atoms with Gasteiger partial charge in [-0.15, -0.1) is 0 Å². The molecular formula is C28H28N2O5. The number of nitrogens with one attached hydrogen (secondary N) is 1. The molecule has 0 unspecified atom stereocenters. The largest absolute Gasteiger partial charge is 0.478 e. The highest BCUT2D eigenvalue weighted by molar-refractivity contribution is 5.94. The highest BCUT2D eigenvalue weighted by Gasteiger charge is 2.29. The van der Waals surface area contributed by atoms with Crippen LogP contribution in [0.3, 0.4) is 0 Å². The number of ether oxygens (including phenoxy) is 1. The summed E-state index contributed by atoms with van der Waals surface area (Å²) >= 11 is 0. The Bertz CT molecular complexity index is 1190. The molecule has 0 aliphatic heterocycles. The first-order chi connectivity index (χ1) is 16.9. The molecule has 2 N–H and O–H groups in total. The van der Waals surface area contributed by atoms with E-state index in [0.717, 1.165) is 22.3 Å². The lowest BCUT2D eigenvalue weighted by molar-refractivity contribution is -0.118. The van der Waals surface area contributed by atoms with Gasteiger partial charge in [0, 0.05) is 31.1 Å². The van der Waals surface area contributed by atoms with Gasteiger partial charge in [0.2, 0.25) is 5.91 Å². The summed E-state index contributed by atoms with van der Waals surface area (Å²) in [6.07, 6.45) is 0.0968. The molecule has 0 heterocycles. The highest BCUT2D eigenvalue weighted by atomic mass is 16.5. The van der Waals surface area contributed by atoms with E-state index in [4.69, 9.17) is 9.84 Å². The molecule has 4 rings (SSSR count). The number of hydrogen-bond acceptors (Lipinski definition) is 4. The fraction of sp³-hybridized carbons (Fsp3) is 0.250. The first-order valence-corrected chi connectivity index (χ1v) is 11.6. The Kier molecular flexibility index (Phi) is 7.15. The van der Waals surface area contributed by atoms with Crippen molar-refractivity contribution in [1.29, 1.82) is 0 Å². The van der Waals surface area contributed by atoms with Crippen molar-refractivity contribution < 1.29 is 24.2 Å².